The van der Waals surface area contributed by atoms with Crippen LogP contribution in [0.2, 0.25) is 0 Å². The number of amides is 1. The van der Waals surface area contributed by atoms with Crippen molar-refractivity contribution < 1.29 is 4.79 Å². The summed E-state index contributed by atoms with van der Waals surface area (Å²) < 4.78 is 0.620. The SMILES string of the molecule is CCN1C(=O)/C(=C(/C=C/C=C2\N(C)c3ccccc3C2(C)C)c2ccccc2)SC1=S. The molecule has 2 aliphatic rings. The Hall–Kier alpha value is -2.63. The molecule has 1 saturated heterocycles. The topological polar surface area (TPSA) is 23.6 Å². The van der Waals surface area contributed by atoms with Gasteiger partial charge in [0.2, 0.25) is 0 Å². The molecule has 158 valence electrons. The van der Waals surface area contributed by atoms with E-state index in [0.717, 1.165) is 11.1 Å². The highest BCUT2D eigenvalue weighted by molar-refractivity contribution is 8.26. The van der Waals surface area contributed by atoms with Crippen molar-refractivity contribution in [3.8, 4) is 0 Å². The van der Waals surface area contributed by atoms with Crippen LogP contribution in [0.5, 0.6) is 0 Å². The lowest BCUT2D eigenvalue weighted by Gasteiger charge is -2.23. The van der Waals surface area contributed by atoms with E-state index in [1.54, 1.807) is 4.90 Å². The quantitative estimate of drug-likeness (QED) is 0.415. The fourth-order valence-electron chi connectivity index (χ4n) is 4.29. The molecule has 1 fully saturated rings. The first-order chi connectivity index (χ1) is 14.9. The van der Waals surface area contributed by atoms with Gasteiger partial charge in [0.1, 0.15) is 4.32 Å². The van der Waals surface area contributed by atoms with E-state index in [1.165, 1.54) is 28.7 Å². The smallest absolute Gasteiger partial charge is 0.266 e. The molecule has 0 atom stereocenters. The number of nitrogens with zero attached hydrogens (tertiary/aromatic N) is 2. The molecule has 2 aromatic rings. The van der Waals surface area contributed by atoms with E-state index in [9.17, 15) is 4.79 Å². The number of anilines is 1. The van der Waals surface area contributed by atoms with Gasteiger partial charge in [-0.15, -0.1) is 0 Å². The van der Waals surface area contributed by atoms with Crippen LogP contribution in [-0.4, -0.2) is 28.7 Å². The highest BCUT2D eigenvalue weighted by Crippen LogP contribution is 2.46. The van der Waals surface area contributed by atoms with Gasteiger partial charge in [-0.3, -0.25) is 9.69 Å². The molecule has 0 bridgehead atoms. The van der Waals surface area contributed by atoms with Crippen LogP contribution in [-0.2, 0) is 10.2 Å². The summed E-state index contributed by atoms with van der Waals surface area (Å²) in [6.45, 7) is 7.03. The van der Waals surface area contributed by atoms with E-state index in [-0.39, 0.29) is 11.3 Å². The van der Waals surface area contributed by atoms with E-state index >= 15 is 0 Å². The Morgan fingerprint density at radius 1 is 1.10 bits per heavy atom. The summed E-state index contributed by atoms with van der Waals surface area (Å²) in [5.41, 5.74) is 5.61. The maximum Gasteiger partial charge on any atom is 0.266 e. The van der Waals surface area contributed by atoms with Crippen LogP contribution in [0.4, 0.5) is 5.69 Å². The second kappa shape index (κ2) is 8.48. The van der Waals surface area contributed by atoms with Gasteiger partial charge in [0.05, 0.1) is 4.91 Å². The zero-order valence-corrected chi connectivity index (χ0v) is 19.9. The lowest BCUT2D eigenvalue weighted by atomic mass is 9.84. The summed E-state index contributed by atoms with van der Waals surface area (Å²) >= 11 is 6.83. The second-order valence-electron chi connectivity index (χ2n) is 8.14. The number of benzene rings is 2. The van der Waals surface area contributed by atoms with Crippen molar-refractivity contribution in [2.75, 3.05) is 18.5 Å². The Morgan fingerprint density at radius 2 is 1.77 bits per heavy atom. The first-order valence-electron chi connectivity index (χ1n) is 10.4. The molecule has 31 heavy (non-hydrogen) atoms. The summed E-state index contributed by atoms with van der Waals surface area (Å²) in [4.78, 5) is 17.6. The molecule has 0 aromatic heterocycles. The van der Waals surface area contributed by atoms with Crippen molar-refractivity contribution >= 4 is 45.5 Å². The van der Waals surface area contributed by atoms with Crippen LogP contribution in [0.15, 0.2) is 83.4 Å². The molecule has 2 aromatic carbocycles. The third-order valence-corrected chi connectivity index (χ3v) is 7.42. The van der Waals surface area contributed by atoms with Gasteiger partial charge in [-0.05, 0) is 30.2 Å². The van der Waals surface area contributed by atoms with E-state index in [2.05, 4.69) is 62.2 Å². The fourth-order valence-corrected chi connectivity index (χ4v) is 5.74. The minimum atomic E-state index is -0.0890. The van der Waals surface area contributed by atoms with Crippen LogP contribution in [0, 0.1) is 0 Å². The van der Waals surface area contributed by atoms with Crippen molar-refractivity contribution in [1.29, 1.82) is 0 Å². The third-order valence-electron chi connectivity index (χ3n) is 5.95. The number of rotatable bonds is 4. The molecule has 2 heterocycles. The first-order valence-corrected chi connectivity index (χ1v) is 11.6. The van der Waals surface area contributed by atoms with Crippen molar-refractivity contribution in [2.45, 2.75) is 26.2 Å². The largest absolute Gasteiger partial charge is 0.347 e. The monoisotopic (exact) mass is 446 g/mol. The van der Waals surface area contributed by atoms with E-state index < -0.39 is 0 Å². The normalized spacial score (nSPS) is 20.8. The number of fused-ring (bicyclic) bond motifs is 1. The summed E-state index contributed by atoms with van der Waals surface area (Å²) in [6, 6.07) is 18.6. The number of hydrogen-bond acceptors (Lipinski definition) is 4. The van der Waals surface area contributed by atoms with Crippen LogP contribution in [0.1, 0.15) is 31.9 Å². The number of allylic oxidation sites excluding steroid dienone is 5. The number of para-hydroxylation sites is 1. The molecule has 0 unspecified atom stereocenters. The Labute approximate surface area is 194 Å². The Balaban J connectivity index is 1.75. The number of carbonyl (C=O) groups is 1. The standard InChI is InChI=1S/C26H26N2OS2/c1-5-28-24(29)23(31-25(28)30)19(18-12-7-6-8-13-18)14-11-17-22-26(2,3)20-15-9-10-16-21(20)27(22)4/h6-17H,5H2,1-4H3/b14-11+,22-17-,23-19+. The van der Waals surface area contributed by atoms with Gasteiger partial charge >= 0.3 is 0 Å². The molecule has 0 N–H and O–H groups in total. The maximum atomic E-state index is 13.0. The van der Waals surface area contributed by atoms with Gasteiger partial charge in [-0.1, -0.05) is 98.5 Å². The van der Waals surface area contributed by atoms with Crippen LogP contribution < -0.4 is 4.90 Å². The predicted molar refractivity (Wildman–Crippen MR) is 136 cm³/mol. The Morgan fingerprint density at radius 3 is 2.42 bits per heavy atom. The summed E-state index contributed by atoms with van der Waals surface area (Å²) in [5, 5.41) is 0. The molecular weight excluding hydrogens is 420 g/mol. The average Bonchev–Trinajstić information content (AvgIpc) is 3.16. The second-order valence-corrected chi connectivity index (χ2v) is 9.78. The molecule has 2 aliphatic heterocycles. The zero-order chi connectivity index (χ0) is 22.2. The Kier molecular flexibility index (Phi) is 5.91. The molecular formula is C26H26N2OS2. The van der Waals surface area contributed by atoms with Gasteiger partial charge in [-0.2, -0.15) is 0 Å². The van der Waals surface area contributed by atoms with E-state index in [4.69, 9.17) is 12.2 Å². The fraction of sp³-hybridized carbons (Fsp3) is 0.231. The van der Waals surface area contributed by atoms with Gasteiger partial charge in [0.15, 0.2) is 0 Å². The minimum Gasteiger partial charge on any atom is -0.347 e. The highest BCUT2D eigenvalue weighted by Gasteiger charge is 2.37. The summed E-state index contributed by atoms with van der Waals surface area (Å²) in [7, 11) is 2.11. The van der Waals surface area contributed by atoms with E-state index in [0.29, 0.717) is 15.8 Å². The van der Waals surface area contributed by atoms with E-state index in [1.807, 2.05) is 43.3 Å². The highest BCUT2D eigenvalue weighted by atomic mass is 32.2. The van der Waals surface area contributed by atoms with Gasteiger partial charge in [0.25, 0.3) is 5.91 Å². The first kappa shape index (κ1) is 21.6. The van der Waals surface area contributed by atoms with Crippen molar-refractivity contribution in [2.24, 2.45) is 0 Å². The van der Waals surface area contributed by atoms with Crippen molar-refractivity contribution in [3.63, 3.8) is 0 Å². The predicted octanol–water partition coefficient (Wildman–Crippen LogP) is 6.15. The van der Waals surface area contributed by atoms with Crippen molar-refractivity contribution in [3.05, 3.63) is 94.6 Å². The lowest BCUT2D eigenvalue weighted by molar-refractivity contribution is -0.122. The Bertz CT molecular complexity index is 1130. The zero-order valence-electron chi connectivity index (χ0n) is 18.3. The number of carbonyl (C=O) groups excluding carboxylic acids is 1. The average molecular weight is 447 g/mol. The minimum absolute atomic E-state index is 0.0145. The number of thiocarbonyl (C=S) groups is 1. The molecule has 1 amide bonds. The van der Waals surface area contributed by atoms with Crippen molar-refractivity contribution in [1.82, 2.24) is 4.90 Å². The number of hydrogen-bond donors (Lipinski definition) is 0. The van der Waals surface area contributed by atoms with Crippen LogP contribution >= 0.6 is 24.0 Å². The van der Waals surface area contributed by atoms with Gasteiger partial charge in [-0.25, -0.2) is 0 Å². The third kappa shape index (κ3) is 3.77. The maximum absolute atomic E-state index is 13.0. The molecule has 3 nitrogen and oxygen atoms in total. The van der Waals surface area contributed by atoms with Gasteiger partial charge < -0.3 is 4.90 Å². The summed E-state index contributed by atoms with van der Waals surface area (Å²) in [5.74, 6) is -0.0145. The number of thioether (sulfide) groups is 1. The molecule has 4 rings (SSSR count). The molecule has 0 saturated carbocycles. The molecule has 5 heteroatoms. The summed E-state index contributed by atoms with van der Waals surface area (Å²) in [6.07, 6.45) is 6.25. The van der Waals surface area contributed by atoms with Crippen LogP contribution in [0.3, 0.4) is 0 Å². The molecule has 0 radical (unpaired) electrons. The molecule has 0 spiro atoms. The molecule has 0 aliphatic carbocycles. The van der Waals surface area contributed by atoms with Gasteiger partial charge in [0, 0.05) is 36.0 Å². The van der Waals surface area contributed by atoms with Crippen LogP contribution in [0.25, 0.3) is 5.57 Å². The number of likely N-dealkylation sites (N-methyl/N-ethyl adjacent to an activating group) is 2. The lowest BCUT2D eigenvalue weighted by Crippen LogP contribution is -2.27.